The smallest absolute Gasteiger partial charge is 0.135 e. The Morgan fingerprint density at radius 3 is 2.32 bits per heavy atom. The van der Waals surface area contributed by atoms with E-state index in [1.807, 2.05) is 30.3 Å². The van der Waals surface area contributed by atoms with Crippen molar-refractivity contribution in [3.05, 3.63) is 95.3 Å². The minimum absolute atomic E-state index is 0. The molecule has 247 valence electrons. The van der Waals surface area contributed by atoms with E-state index < -0.39 is 0 Å². The zero-order valence-electron chi connectivity index (χ0n) is 28.3. The second kappa shape index (κ2) is 14.5. The predicted octanol–water partition coefficient (Wildman–Crippen LogP) is 11.8. The number of pyridine rings is 1. The van der Waals surface area contributed by atoms with Gasteiger partial charge in [0.15, 0.2) is 0 Å². The number of benzene rings is 3. The van der Waals surface area contributed by atoms with Gasteiger partial charge >= 0.3 is 0 Å². The first-order chi connectivity index (χ1) is 22.4. The molecule has 0 saturated heterocycles. The Hall–Kier alpha value is -3.27. The molecule has 0 N–H and O–H groups in total. The normalized spacial score (nSPS) is 17.9. The van der Waals surface area contributed by atoms with Crippen LogP contribution in [0.25, 0.3) is 49.8 Å². The number of aliphatic imine (C=N–C) groups is 1. The second-order valence-corrected chi connectivity index (χ2v) is 14.3. The van der Waals surface area contributed by atoms with Crippen LogP contribution in [0.2, 0.25) is 0 Å². The number of fused-ring (bicyclic) bond motifs is 6. The van der Waals surface area contributed by atoms with Gasteiger partial charge in [0, 0.05) is 31.1 Å². The van der Waals surface area contributed by atoms with Crippen LogP contribution >= 0.6 is 0 Å². The number of furan rings is 1. The van der Waals surface area contributed by atoms with Gasteiger partial charge in [0.05, 0.1) is 5.52 Å². The van der Waals surface area contributed by atoms with Crippen molar-refractivity contribution in [2.24, 2.45) is 10.9 Å². The van der Waals surface area contributed by atoms with Crippen molar-refractivity contribution in [2.45, 2.75) is 109 Å². The number of rotatable bonds is 4. The molecule has 0 spiro atoms. The van der Waals surface area contributed by atoms with Crippen LogP contribution in [0, 0.1) is 12.0 Å². The Kier molecular flexibility index (Phi) is 10.3. The minimum atomic E-state index is -0.183. The number of aromatic nitrogens is 1. The summed E-state index contributed by atoms with van der Waals surface area (Å²) in [6.07, 6.45) is 13.4. The number of para-hydroxylation sites is 2. The van der Waals surface area contributed by atoms with Crippen molar-refractivity contribution in [3.8, 4) is 22.6 Å². The van der Waals surface area contributed by atoms with E-state index in [1.165, 1.54) is 80.7 Å². The Labute approximate surface area is 294 Å². The quantitative estimate of drug-likeness (QED) is 0.103. The van der Waals surface area contributed by atoms with Crippen LogP contribution in [-0.4, -0.2) is 22.9 Å². The summed E-state index contributed by atoms with van der Waals surface area (Å²) in [4.78, 5) is 9.92. The van der Waals surface area contributed by atoms with Gasteiger partial charge in [-0.3, -0.25) is 4.98 Å². The maximum absolute atomic E-state index is 6.30. The minimum Gasteiger partial charge on any atom is -0.466 e. The third-order valence-corrected chi connectivity index (χ3v) is 10.2. The molecule has 0 aliphatic heterocycles. The number of hydrogen-bond donors (Lipinski definition) is 0. The Bertz CT molecular complexity index is 1860. The molecule has 8 rings (SSSR count). The molecule has 4 nitrogen and oxygen atoms in total. The molecule has 2 aromatic heterocycles. The Morgan fingerprint density at radius 2 is 1.55 bits per heavy atom. The van der Waals surface area contributed by atoms with Crippen molar-refractivity contribution in [2.75, 3.05) is 0 Å². The standard InChI is InChI=1S/C26H18NO.C16H29N2.Ir/c1-26(2)23-17(21-15-14-16-8-3-5-12-20(16)27-21)10-7-11-19(23)25-24(26)18-9-4-6-13-22(18)28-25;1-13(2)16(17-14-9-5-3-6-10-14)18-15-11-7-4-8-12-15;/h3-9,11-15H,1-2H3;13-15H,3-12H2,1-2H3;/q2*-1;. The van der Waals surface area contributed by atoms with Gasteiger partial charge in [0.2, 0.25) is 0 Å². The number of hydrogen-bond acceptors (Lipinski definition) is 3. The first kappa shape index (κ1) is 33.6. The molecule has 2 saturated carbocycles. The van der Waals surface area contributed by atoms with E-state index >= 15 is 0 Å². The monoisotopic (exact) mass is 802 g/mol. The van der Waals surface area contributed by atoms with Gasteiger partial charge in [-0.15, -0.1) is 29.3 Å². The molecule has 0 unspecified atom stereocenters. The Morgan fingerprint density at radius 1 is 0.851 bits per heavy atom. The molecule has 5 heteroatoms. The number of amidine groups is 1. The van der Waals surface area contributed by atoms with Crippen LogP contribution in [0.3, 0.4) is 0 Å². The fraction of sp³-hybridized carbons (Fsp3) is 0.429. The van der Waals surface area contributed by atoms with Gasteiger partial charge in [-0.05, 0) is 46.6 Å². The molecular weight excluding hydrogens is 755 g/mol. The fourth-order valence-electron chi connectivity index (χ4n) is 7.85. The van der Waals surface area contributed by atoms with E-state index in [4.69, 9.17) is 19.7 Å². The van der Waals surface area contributed by atoms with Gasteiger partial charge in [-0.2, -0.15) is 0 Å². The van der Waals surface area contributed by atoms with Gasteiger partial charge in [0.25, 0.3) is 0 Å². The third-order valence-electron chi connectivity index (χ3n) is 10.2. The summed E-state index contributed by atoms with van der Waals surface area (Å²) in [6.45, 7) is 9.04. The zero-order chi connectivity index (χ0) is 31.7. The molecule has 47 heavy (non-hydrogen) atoms. The maximum atomic E-state index is 6.30. The molecule has 0 amide bonds. The molecule has 1 radical (unpaired) electrons. The summed E-state index contributed by atoms with van der Waals surface area (Å²) in [5.41, 5.74) is 7.45. The zero-order valence-corrected chi connectivity index (χ0v) is 30.7. The van der Waals surface area contributed by atoms with E-state index in [0.29, 0.717) is 18.0 Å². The van der Waals surface area contributed by atoms with Crippen molar-refractivity contribution in [3.63, 3.8) is 0 Å². The Balaban J connectivity index is 0.000000178. The van der Waals surface area contributed by atoms with Crippen LogP contribution in [-0.2, 0) is 25.5 Å². The van der Waals surface area contributed by atoms with E-state index in [2.05, 4.69) is 76.2 Å². The van der Waals surface area contributed by atoms with Gasteiger partial charge in [-0.25, -0.2) is 0 Å². The number of nitrogens with zero attached hydrogens (tertiary/aromatic N) is 3. The molecule has 2 fully saturated rings. The maximum Gasteiger partial charge on any atom is 0.135 e. The van der Waals surface area contributed by atoms with Gasteiger partial charge in [0.1, 0.15) is 11.3 Å². The molecule has 3 aliphatic carbocycles. The molecule has 3 aliphatic rings. The first-order valence-corrected chi connectivity index (χ1v) is 17.6. The molecule has 2 heterocycles. The summed E-state index contributed by atoms with van der Waals surface area (Å²) in [5.74, 6) is 2.64. The van der Waals surface area contributed by atoms with Crippen LogP contribution in [0.1, 0.15) is 103 Å². The van der Waals surface area contributed by atoms with E-state index in [-0.39, 0.29) is 25.5 Å². The van der Waals surface area contributed by atoms with E-state index in [9.17, 15) is 0 Å². The van der Waals surface area contributed by atoms with E-state index in [0.717, 1.165) is 44.9 Å². The SMILES string of the molecule is CC(C)C(=NC1CCCCC1)[N-]C1CCCCC1.CC1(C)c2c(-c3ccc4ccccc4n3)[c-]ccc2-c2oc3ccccc3c21.[Ir]. The molecular formula is C42H47IrN3O-2. The van der Waals surface area contributed by atoms with Gasteiger partial charge < -0.3 is 14.7 Å². The molecule has 0 atom stereocenters. The average molecular weight is 802 g/mol. The first-order valence-electron chi connectivity index (χ1n) is 17.6. The van der Waals surface area contributed by atoms with Crippen molar-refractivity contribution < 1.29 is 24.5 Å². The molecule has 5 aromatic rings. The predicted molar refractivity (Wildman–Crippen MR) is 193 cm³/mol. The van der Waals surface area contributed by atoms with Crippen LogP contribution in [0.15, 0.2) is 82.2 Å². The molecule has 3 aromatic carbocycles. The second-order valence-electron chi connectivity index (χ2n) is 14.3. The summed E-state index contributed by atoms with van der Waals surface area (Å²) < 4.78 is 6.30. The topological polar surface area (TPSA) is 52.5 Å². The largest absolute Gasteiger partial charge is 0.466 e. The van der Waals surface area contributed by atoms with Gasteiger partial charge in [-0.1, -0.05) is 152 Å². The third kappa shape index (κ3) is 6.85. The van der Waals surface area contributed by atoms with Crippen LogP contribution < -0.4 is 0 Å². The van der Waals surface area contributed by atoms with Crippen molar-refractivity contribution >= 4 is 27.7 Å². The van der Waals surface area contributed by atoms with Crippen molar-refractivity contribution in [1.29, 1.82) is 0 Å². The van der Waals surface area contributed by atoms with Crippen LogP contribution in [0.5, 0.6) is 0 Å². The summed E-state index contributed by atoms with van der Waals surface area (Å²) >= 11 is 0. The summed E-state index contributed by atoms with van der Waals surface area (Å²) in [7, 11) is 0. The average Bonchev–Trinajstić information content (AvgIpc) is 3.59. The summed E-state index contributed by atoms with van der Waals surface area (Å²) in [5, 5.41) is 7.32. The molecule has 0 bridgehead atoms. The van der Waals surface area contributed by atoms with Crippen LogP contribution in [0.4, 0.5) is 0 Å². The summed E-state index contributed by atoms with van der Waals surface area (Å²) in [6, 6.07) is 29.5. The van der Waals surface area contributed by atoms with E-state index in [1.54, 1.807) is 0 Å². The fourth-order valence-corrected chi connectivity index (χ4v) is 7.85. The van der Waals surface area contributed by atoms with Crippen molar-refractivity contribution in [1.82, 2.24) is 4.98 Å².